The highest BCUT2D eigenvalue weighted by molar-refractivity contribution is 5.93. The van der Waals surface area contributed by atoms with Crippen molar-refractivity contribution in [3.05, 3.63) is 17.8 Å². The molecular formula is C19H28FN3O6. The number of halogens is 1. The summed E-state index contributed by atoms with van der Waals surface area (Å²) in [6.45, 7) is 3.29. The molecule has 2 saturated heterocycles. The van der Waals surface area contributed by atoms with Crippen molar-refractivity contribution in [3.63, 3.8) is 0 Å². The van der Waals surface area contributed by atoms with Crippen molar-refractivity contribution >= 4 is 11.6 Å². The van der Waals surface area contributed by atoms with Crippen molar-refractivity contribution < 1.29 is 33.2 Å². The molecule has 1 aromatic rings. The topological polar surface area (TPSA) is 102 Å². The molecule has 29 heavy (non-hydrogen) atoms. The lowest BCUT2D eigenvalue weighted by Gasteiger charge is -2.41. The van der Waals surface area contributed by atoms with E-state index in [1.54, 1.807) is 26.2 Å². The zero-order valence-corrected chi connectivity index (χ0v) is 16.7. The average molecular weight is 413 g/mol. The Morgan fingerprint density at radius 2 is 2.24 bits per heavy atom. The molecule has 1 atom stereocenters. The number of hydrogen-bond acceptors (Lipinski definition) is 8. The number of nitrogens with one attached hydrogen (secondary N) is 1. The Kier molecular flexibility index (Phi) is 7.23. The number of aliphatic hydroxyl groups is 1. The number of alkyl halides is 1. The summed E-state index contributed by atoms with van der Waals surface area (Å²) < 4.78 is 33.3. The Bertz CT molecular complexity index is 691. The van der Waals surface area contributed by atoms with E-state index in [4.69, 9.17) is 14.2 Å². The van der Waals surface area contributed by atoms with Gasteiger partial charge in [-0.25, -0.2) is 9.37 Å². The van der Waals surface area contributed by atoms with Crippen LogP contribution in [0.4, 0.5) is 10.1 Å². The van der Waals surface area contributed by atoms with Crippen molar-refractivity contribution in [1.82, 2.24) is 10.3 Å². The number of rotatable bonds is 11. The second-order valence-corrected chi connectivity index (χ2v) is 7.58. The molecule has 3 rings (SSSR count). The molecule has 0 bridgehead atoms. The molecule has 10 heteroatoms. The van der Waals surface area contributed by atoms with Gasteiger partial charge in [0, 0.05) is 26.2 Å². The van der Waals surface area contributed by atoms with Gasteiger partial charge in [-0.3, -0.25) is 4.79 Å². The molecule has 0 spiro atoms. The standard InChI is InChI=1S/C19H28FN3O6/c1-13(7-27-12-20)21-17(25)15-3-4-16(23-5-14(6-23)26-2)18(22-15)29-11-19(8-24)9-28-10-19/h3-4,13-14,24H,5-12H2,1-2H3,(H,21,25). The third-order valence-electron chi connectivity index (χ3n) is 5.08. The van der Waals surface area contributed by atoms with E-state index >= 15 is 0 Å². The maximum Gasteiger partial charge on any atom is 0.270 e. The van der Waals surface area contributed by atoms with Gasteiger partial charge in [-0.05, 0) is 19.1 Å². The molecule has 162 valence electrons. The number of aliphatic hydroxyl groups excluding tert-OH is 1. The van der Waals surface area contributed by atoms with Crippen LogP contribution in [0.2, 0.25) is 0 Å². The first-order chi connectivity index (χ1) is 14.0. The highest BCUT2D eigenvalue weighted by Gasteiger charge is 2.40. The van der Waals surface area contributed by atoms with Gasteiger partial charge in [0.25, 0.3) is 5.91 Å². The first kappa shape index (κ1) is 21.7. The van der Waals surface area contributed by atoms with E-state index in [1.165, 1.54) is 0 Å². The Hall–Kier alpha value is -2.01. The molecule has 2 N–H and O–H groups in total. The van der Waals surface area contributed by atoms with E-state index in [-0.39, 0.29) is 37.7 Å². The maximum absolute atomic E-state index is 12.5. The molecule has 2 aliphatic rings. The van der Waals surface area contributed by atoms with Crippen LogP contribution in [0.25, 0.3) is 0 Å². The van der Waals surface area contributed by atoms with E-state index in [1.807, 2.05) is 0 Å². The number of carbonyl (C=O) groups excluding carboxylic acids is 1. The summed E-state index contributed by atoms with van der Waals surface area (Å²) in [5.74, 6) is -0.0850. The monoisotopic (exact) mass is 413 g/mol. The van der Waals surface area contributed by atoms with Crippen LogP contribution in [0.3, 0.4) is 0 Å². The van der Waals surface area contributed by atoms with Crippen molar-refractivity contribution in [2.75, 3.05) is 65.0 Å². The number of anilines is 1. The molecule has 0 aromatic carbocycles. The van der Waals surface area contributed by atoms with Gasteiger partial charge in [0.1, 0.15) is 18.0 Å². The van der Waals surface area contributed by atoms with Crippen LogP contribution in [0.1, 0.15) is 17.4 Å². The lowest BCUT2D eigenvalue weighted by molar-refractivity contribution is -0.153. The Morgan fingerprint density at radius 3 is 2.83 bits per heavy atom. The van der Waals surface area contributed by atoms with Gasteiger partial charge in [-0.2, -0.15) is 0 Å². The molecular weight excluding hydrogens is 385 g/mol. The van der Waals surface area contributed by atoms with Crippen molar-refractivity contribution in [2.24, 2.45) is 5.41 Å². The van der Waals surface area contributed by atoms with Crippen LogP contribution in [-0.4, -0.2) is 88.2 Å². The van der Waals surface area contributed by atoms with Gasteiger partial charge in [0.05, 0.1) is 37.9 Å². The summed E-state index contributed by atoms with van der Waals surface area (Å²) >= 11 is 0. The van der Waals surface area contributed by atoms with Crippen LogP contribution in [-0.2, 0) is 14.2 Å². The summed E-state index contributed by atoms with van der Waals surface area (Å²) in [6, 6.07) is 3.04. The van der Waals surface area contributed by atoms with Crippen molar-refractivity contribution in [1.29, 1.82) is 0 Å². The third kappa shape index (κ3) is 5.13. The lowest BCUT2D eigenvalue weighted by atomic mass is 9.88. The molecule has 9 nitrogen and oxygen atoms in total. The third-order valence-corrected chi connectivity index (χ3v) is 5.08. The predicted octanol–water partition coefficient (Wildman–Crippen LogP) is 0.366. The van der Waals surface area contributed by atoms with Gasteiger partial charge < -0.3 is 34.3 Å². The lowest BCUT2D eigenvalue weighted by Crippen LogP contribution is -2.52. The SMILES string of the molecule is COC1CN(c2ccc(C(=O)NC(C)COCF)nc2OCC2(CO)COC2)C1. The second kappa shape index (κ2) is 9.66. The van der Waals surface area contributed by atoms with E-state index < -0.39 is 18.2 Å². The van der Waals surface area contributed by atoms with Crippen molar-refractivity contribution in [3.8, 4) is 5.88 Å². The van der Waals surface area contributed by atoms with E-state index in [0.29, 0.717) is 32.2 Å². The van der Waals surface area contributed by atoms with Crippen LogP contribution < -0.4 is 15.0 Å². The number of carbonyl (C=O) groups is 1. The first-order valence-corrected chi connectivity index (χ1v) is 9.55. The minimum absolute atomic E-state index is 0.0515. The van der Waals surface area contributed by atoms with Gasteiger partial charge in [0.15, 0.2) is 6.86 Å². The minimum atomic E-state index is -0.903. The molecule has 1 aromatic heterocycles. The van der Waals surface area contributed by atoms with Crippen LogP contribution in [0, 0.1) is 5.41 Å². The summed E-state index contributed by atoms with van der Waals surface area (Å²) in [4.78, 5) is 18.9. The molecule has 3 heterocycles. The number of amides is 1. The number of hydrogen-bond donors (Lipinski definition) is 2. The van der Waals surface area contributed by atoms with E-state index in [9.17, 15) is 14.3 Å². The Labute approximate surface area is 169 Å². The quantitative estimate of drug-likeness (QED) is 0.536. The molecule has 0 radical (unpaired) electrons. The normalized spacial score (nSPS) is 19.2. The number of methoxy groups -OCH3 is 1. The Balaban J connectivity index is 1.72. The molecule has 1 unspecified atom stereocenters. The molecule has 2 aliphatic heterocycles. The predicted molar refractivity (Wildman–Crippen MR) is 102 cm³/mol. The van der Waals surface area contributed by atoms with E-state index in [2.05, 4.69) is 19.9 Å². The number of nitrogens with zero attached hydrogens (tertiary/aromatic N) is 2. The highest BCUT2D eigenvalue weighted by Crippen LogP contribution is 2.34. The first-order valence-electron chi connectivity index (χ1n) is 9.55. The van der Waals surface area contributed by atoms with E-state index in [0.717, 1.165) is 5.69 Å². The van der Waals surface area contributed by atoms with Gasteiger partial charge in [-0.15, -0.1) is 0 Å². The van der Waals surface area contributed by atoms with Crippen LogP contribution in [0.15, 0.2) is 12.1 Å². The zero-order valence-electron chi connectivity index (χ0n) is 16.7. The average Bonchev–Trinajstić information content (AvgIpc) is 2.65. The van der Waals surface area contributed by atoms with Crippen LogP contribution in [0.5, 0.6) is 5.88 Å². The maximum atomic E-state index is 12.5. The molecule has 0 saturated carbocycles. The number of aromatic nitrogens is 1. The largest absolute Gasteiger partial charge is 0.475 e. The summed E-state index contributed by atoms with van der Waals surface area (Å²) in [7, 11) is 1.67. The van der Waals surface area contributed by atoms with Crippen LogP contribution >= 0.6 is 0 Å². The molecule has 1 amide bonds. The Morgan fingerprint density at radius 1 is 1.48 bits per heavy atom. The minimum Gasteiger partial charge on any atom is -0.475 e. The fourth-order valence-corrected chi connectivity index (χ4v) is 3.08. The summed E-state index contributed by atoms with van der Waals surface area (Å²) in [5, 5.41) is 12.3. The zero-order chi connectivity index (χ0) is 20.9. The second-order valence-electron chi connectivity index (χ2n) is 7.58. The fourth-order valence-electron chi connectivity index (χ4n) is 3.08. The summed E-state index contributed by atoms with van der Waals surface area (Å²) in [5.41, 5.74) is 0.499. The number of pyridine rings is 1. The molecule has 0 aliphatic carbocycles. The summed E-state index contributed by atoms with van der Waals surface area (Å²) in [6.07, 6.45) is 0.144. The van der Waals surface area contributed by atoms with Crippen molar-refractivity contribution in [2.45, 2.75) is 19.1 Å². The van der Waals surface area contributed by atoms with Gasteiger partial charge >= 0.3 is 0 Å². The number of ether oxygens (including phenoxy) is 4. The van der Waals surface area contributed by atoms with Gasteiger partial charge in [-0.1, -0.05) is 0 Å². The highest BCUT2D eigenvalue weighted by atomic mass is 19.1. The molecule has 2 fully saturated rings. The smallest absolute Gasteiger partial charge is 0.270 e. The van der Waals surface area contributed by atoms with Gasteiger partial charge in [0.2, 0.25) is 5.88 Å². The fraction of sp³-hybridized carbons (Fsp3) is 0.684.